The van der Waals surface area contributed by atoms with Gasteiger partial charge in [-0.25, -0.2) is 0 Å². The molecule has 2 heteroatoms. The molecular formula is C19H24Y2-4. The average Bonchev–Trinajstić information content (AvgIpc) is 2.40. The first kappa shape index (κ1) is 24.2. The minimum Gasteiger partial charge on any atom is -0.358 e. The summed E-state index contributed by atoms with van der Waals surface area (Å²) >= 11 is 0. The van der Waals surface area contributed by atoms with Gasteiger partial charge in [-0.2, -0.15) is 37.1 Å². The largest absolute Gasteiger partial charge is 0.358 e. The second-order valence-corrected chi connectivity index (χ2v) is 5.12. The number of hydrogen-bond acceptors (Lipinski definition) is 0. The van der Waals surface area contributed by atoms with Gasteiger partial charge in [0.1, 0.15) is 0 Å². The van der Waals surface area contributed by atoms with Crippen LogP contribution in [0.5, 0.6) is 0 Å². The van der Waals surface area contributed by atoms with Gasteiger partial charge in [-0.15, -0.1) is 16.8 Å². The van der Waals surface area contributed by atoms with Crippen LogP contribution in [0.3, 0.4) is 0 Å². The van der Waals surface area contributed by atoms with Crippen LogP contribution in [-0.4, -0.2) is 0 Å². The molecule has 0 spiro atoms. The molecule has 2 radical (unpaired) electrons. The Morgan fingerprint density at radius 3 is 2.43 bits per heavy atom. The first-order chi connectivity index (χ1) is 8.42. The maximum absolute atomic E-state index is 3.13. The molecule has 3 rings (SSSR count). The fraction of sp³-hybridized carbons (Fsp3) is 0.316. The van der Waals surface area contributed by atoms with Crippen LogP contribution in [-0.2, 0) is 71.8 Å². The maximum Gasteiger partial charge on any atom is 0 e. The number of benzene rings is 2. The van der Waals surface area contributed by atoms with E-state index >= 15 is 0 Å². The molecule has 0 atom stereocenters. The number of rotatable bonds is 2. The van der Waals surface area contributed by atoms with Gasteiger partial charge < -0.3 is 21.3 Å². The van der Waals surface area contributed by atoms with E-state index in [2.05, 4.69) is 42.8 Å². The van der Waals surface area contributed by atoms with Gasteiger partial charge >= 0.3 is 0 Å². The predicted octanol–water partition coefficient (Wildman–Crippen LogP) is 5.47. The zero-order valence-corrected chi connectivity index (χ0v) is 19.0. The van der Waals surface area contributed by atoms with E-state index in [4.69, 9.17) is 0 Å². The summed E-state index contributed by atoms with van der Waals surface area (Å²) in [6.07, 6.45) is 9.07. The van der Waals surface area contributed by atoms with Gasteiger partial charge in [0.2, 0.25) is 0 Å². The fourth-order valence-electron chi connectivity index (χ4n) is 2.84. The van der Waals surface area contributed by atoms with E-state index in [0.717, 1.165) is 5.92 Å². The molecule has 0 N–H and O–H groups in total. The monoisotopic (exact) mass is 430 g/mol. The molecule has 0 saturated heterocycles. The molecule has 2 aromatic rings. The molecular weight excluding hydrogens is 406 g/mol. The standard InChI is InChI=1S/C17H18.2CH3.2Y/c1-2-6-14(7-3-1)12-15-10-11-16-8-4-5-9-17(16)13-15;;;;/h1,5,8-11,13-14H,2-3,6-7,12H2;2*1H3;;/q-2;2*-1;;. The van der Waals surface area contributed by atoms with Gasteiger partial charge in [0.05, 0.1) is 0 Å². The Labute approximate surface area is 181 Å². The van der Waals surface area contributed by atoms with Crippen molar-refractivity contribution in [2.45, 2.75) is 32.1 Å². The van der Waals surface area contributed by atoms with Crippen LogP contribution in [0.15, 0.2) is 36.4 Å². The summed E-state index contributed by atoms with van der Waals surface area (Å²) in [7, 11) is 0. The molecule has 0 bridgehead atoms. The van der Waals surface area contributed by atoms with E-state index < -0.39 is 0 Å². The summed E-state index contributed by atoms with van der Waals surface area (Å²) in [6.45, 7) is 0. The molecule has 0 unspecified atom stereocenters. The molecule has 2 aromatic carbocycles. The molecule has 1 aliphatic carbocycles. The minimum atomic E-state index is 0. The fourth-order valence-corrected chi connectivity index (χ4v) is 2.84. The van der Waals surface area contributed by atoms with Gasteiger partial charge in [0.25, 0.3) is 0 Å². The van der Waals surface area contributed by atoms with Crippen molar-refractivity contribution in [1.82, 2.24) is 0 Å². The second-order valence-electron chi connectivity index (χ2n) is 5.12. The zero-order valence-electron chi connectivity index (χ0n) is 13.3. The van der Waals surface area contributed by atoms with Crippen molar-refractivity contribution in [2.24, 2.45) is 5.92 Å². The smallest absolute Gasteiger partial charge is 0 e. The Hall–Kier alpha value is 0.908. The van der Waals surface area contributed by atoms with Crippen molar-refractivity contribution < 1.29 is 65.4 Å². The van der Waals surface area contributed by atoms with E-state index in [1.807, 2.05) is 6.07 Å². The van der Waals surface area contributed by atoms with Gasteiger partial charge in [-0.3, -0.25) is 0 Å². The van der Waals surface area contributed by atoms with Crippen LogP contribution >= 0.6 is 0 Å². The molecule has 1 fully saturated rings. The Balaban J connectivity index is 0. The molecule has 0 amide bonds. The van der Waals surface area contributed by atoms with E-state index in [1.165, 1.54) is 48.4 Å². The van der Waals surface area contributed by atoms with Crippen molar-refractivity contribution >= 4 is 10.8 Å². The van der Waals surface area contributed by atoms with E-state index in [-0.39, 0.29) is 80.3 Å². The predicted molar refractivity (Wildman–Crippen MR) is 85.6 cm³/mol. The summed E-state index contributed by atoms with van der Waals surface area (Å²) in [5.41, 5.74) is 1.50. The normalized spacial score (nSPS) is 14.1. The average molecular weight is 430 g/mol. The first-order valence-corrected chi connectivity index (χ1v) is 6.62. The third-order valence-electron chi connectivity index (χ3n) is 3.83. The number of hydrogen-bond donors (Lipinski definition) is 0. The molecule has 1 saturated carbocycles. The summed E-state index contributed by atoms with van der Waals surface area (Å²) < 4.78 is 0. The van der Waals surface area contributed by atoms with Crippen LogP contribution in [0, 0.1) is 33.3 Å². The van der Waals surface area contributed by atoms with Crippen molar-refractivity contribution in [2.75, 3.05) is 0 Å². The Morgan fingerprint density at radius 2 is 1.71 bits per heavy atom. The zero-order chi connectivity index (χ0) is 11.5. The number of fused-ring (bicyclic) bond motifs is 1. The van der Waals surface area contributed by atoms with Gasteiger partial charge in [0.15, 0.2) is 0 Å². The maximum atomic E-state index is 3.13. The third kappa shape index (κ3) is 6.90. The summed E-state index contributed by atoms with van der Waals surface area (Å²) in [6, 6.07) is 16.2. The molecule has 21 heavy (non-hydrogen) atoms. The van der Waals surface area contributed by atoms with Crippen molar-refractivity contribution in [3.63, 3.8) is 0 Å². The Morgan fingerprint density at radius 1 is 1.00 bits per heavy atom. The molecule has 110 valence electrons. The van der Waals surface area contributed by atoms with Crippen LogP contribution in [0.25, 0.3) is 10.8 Å². The van der Waals surface area contributed by atoms with E-state index in [0.29, 0.717) is 0 Å². The van der Waals surface area contributed by atoms with Crippen LogP contribution in [0.1, 0.15) is 31.2 Å². The SMILES string of the molecule is [CH3-].[CH3-].[Y].[Y].[c-]1ccc2cc(CC3CC[CH-]CC3)ccc2c1. The topological polar surface area (TPSA) is 0 Å². The van der Waals surface area contributed by atoms with Crippen molar-refractivity contribution in [1.29, 1.82) is 0 Å². The first-order valence-electron chi connectivity index (χ1n) is 6.62. The summed E-state index contributed by atoms with van der Waals surface area (Å²) in [4.78, 5) is 0. The van der Waals surface area contributed by atoms with Gasteiger partial charge in [0, 0.05) is 65.4 Å². The molecule has 0 heterocycles. The van der Waals surface area contributed by atoms with Gasteiger partial charge in [-0.05, 0) is 12.3 Å². The summed E-state index contributed by atoms with van der Waals surface area (Å²) in [5.74, 6) is 0.896. The Kier molecular flexibility index (Phi) is 14.2. The van der Waals surface area contributed by atoms with Crippen LogP contribution in [0.4, 0.5) is 0 Å². The van der Waals surface area contributed by atoms with Crippen molar-refractivity contribution in [3.05, 3.63) is 69.3 Å². The minimum absolute atomic E-state index is 0. The quantitative estimate of drug-likeness (QED) is 0.555. The third-order valence-corrected chi connectivity index (χ3v) is 3.83. The molecule has 1 aliphatic rings. The molecule has 0 aromatic heterocycles. The molecule has 0 nitrogen and oxygen atoms in total. The van der Waals surface area contributed by atoms with E-state index in [1.54, 1.807) is 0 Å². The van der Waals surface area contributed by atoms with Crippen LogP contribution in [0.2, 0.25) is 0 Å². The van der Waals surface area contributed by atoms with Crippen LogP contribution < -0.4 is 0 Å². The van der Waals surface area contributed by atoms with E-state index in [9.17, 15) is 0 Å². The van der Waals surface area contributed by atoms with Crippen molar-refractivity contribution in [3.8, 4) is 0 Å². The summed E-state index contributed by atoms with van der Waals surface area (Å²) in [5, 5.41) is 2.65. The Bertz CT molecular complexity index is 502. The second kappa shape index (κ2) is 12.3. The molecule has 0 aliphatic heterocycles. The van der Waals surface area contributed by atoms with Gasteiger partial charge in [-0.1, -0.05) is 30.5 Å².